The van der Waals surface area contributed by atoms with E-state index in [4.69, 9.17) is 4.74 Å². The lowest BCUT2D eigenvalue weighted by atomic mass is 10.1. The number of hydrazine groups is 1. The number of amides is 2. The Labute approximate surface area is 152 Å². The Morgan fingerprint density at radius 2 is 2.00 bits per heavy atom. The Hall–Kier alpha value is -2.89. The Balaban J connectivity index is 1.48. The zero-order valence-electron chi connectivity index (χ0n) is 15.2. The van der Waals surface area contributed by atoms with E-state index in [1.54, 1.807) is 19.3 Å². The molecule has 1 aliphatic carbocycles. The number of rotatable bonds is 5. The van der Waals surface area contributed by atoms with E-state index in [1.807, 2.05) is 44.2 Å². The van der Waals surface area contributed by atoms with Crippen molar-refractivity contribution in [2.45, 2.75) is 39.2 Å². The van der Waals surface area contributed by atoms with E-state index < -0.39 is 12.0 Å². The van der Waals surface area contributed by atoms with Gasteiger partial charge in [-0.05, 0) is 61.9 Å². The standard InChI is InChI=1S/C20H23N3O3/c1-12-6-4-8-18(13(12)2)26-14(3)19(24)22-23-20(25)17-10-16(17)15-7-5-9-21-11-15/h4-9,11,14,16-17H,10H2,1-3H3,(H,22,24)(H,23,25)/t14-,16+,17-/m1/s1. The van der Waals surface area contributed by atoms with Crippen LogP contribution in [0.3, 0.4) is 0 Å². The summed E-state index contributed by atoms with van der Waals surface area (Å²) in [4.78, 5) is 28.4. The minimum atomic E-state index is -0.718. The lowest BCUT2D eigenvalue weighted by Gasteiger charge is -2.17. The predicted molar refractivity (Wildman–Crippen MR) is 97.4 cm³/mol. The molecule has 3 atom stereocenters. The zero-order valence-corrected chi connectivity index (χ0v) is 15.2. The van der Waals surface area contributed by atoms with Crippen molar-refractivity contribution in [1.29, 1.82) is 0 Å². The van der Waals surface area contributed by atoms with E-state index in [9.17, 15) is 9.59 Å². The van der Waals surface area contributed by atoms with Gasteiger partial charge in [-0.1, -0.05) is 18.2 Å². The van der Waals surface area contributed by atoms with Crippen molar-refractivity contribution in [3.8, 4) is 5.75 Å². The van der Waals surface area contributed by atoms with Crippen LogP contribution in [0.1, 0.15) is 36.0 Å². The molecule has 3 rings (SSSR count). The van der Waals surface area contributed by atoms with Gasteiger partial charge in [0.2, 0.25) is 5.91 Å². The van der Waals surface area contributed by atoms with E-state index in [0.717, 1.165) is 23.1 Å². The summed E-state index contributed by atoms with van der Waals surface area (Å²) in [5.41, 5.74) is 8.09. The maximum atomic E-state index is 12.2. The molecule has 0 aliphatic heterocycles. The highest BCUT2D eigenvalue weighted by atomic mass is 16.5. The third-order valence-corrected chi connectivity index (χ3v) is 4.78. The van der Waals surface area contributed by atoms with Gasteiger partial charge < -0.3 is 4.74 Å². The molecule has 1 aromatic heterocycles. The van der Waals surface area contributed by atoms with Crippen molar-refractivity contribution >= 4 is 11.8 Å². The third-order valence-electron chi connectivity index (χ3n) is 4.78. The van der Waals surface area contributed by atoms with Gasteiger partial charge in [-0.3, -0.25) is 25.4 Å². The van der Waals surface area contributed by atoms with Crippen LogP contribution in [0.2, 0.25) is 0 Å². The summed E-state index contributed by atoms with van der Waals surface area (Å²) in [6.45, 7) is 5.59. The second kappa shape index (κ2) is 7.56. The molecule has 1 fully saturated rings. The van der Waals surface area contributed by atoms with Crippen LogP contribution in [0.15, 0.2) is 42.7 Å². The molecule has 2 amide bonds. The van der Waals surface area contributed by atoms with Crippen LogP contribution in [0.5, 0.6) is 5.75 Å². The molecule has 2 aromatic rings. The second-order valence-corrected chi connectivity index (χ2v) is 6.67. The molecular formula is C20H23N3O3. The summed E-state index contributed by atoms with van der Waals surface area (Å²) < 4.78 is 5.71. The second-order valence-electron chi connectivity index (χ2n) is 6.67. The molecule has 136 valence electrons. The first-order valence-corrected chi connectivity index (χ1v) is 8.70. The smallest absolute Gasteiger partial charge is 0.279 e. The minimum Gasteiger partial charge on any atom is -0.481 e. The number of hydrogen-bond acceptors (Lipinski definition) is 4. The normalized spacial score (nSPS) is 19.3. The van der Waals surface area contributed by atoms with Crippen LogP contribution in [0.25, 0.3) is 0 Å². The lowest BCUT2D eigenvalue weighted by Crippen LogP contribution is -2.47. The summed E-state index contributed by atoms with van der Waals surface area (Å²) >= 11 is 0. The highest BCUT2D eigenvalue weighted by Gasteiger charge is 2.44. The van der Waals surface area contributed by atoms with Crippen LogP contribution in [-0.4, -0.2) is 22.9 Å². The molecule has 0 bridgehead atoms. The van der Waals surface area contributed by atoms with Crippen LogP contribution in [-0.2, 0) is 9.59 Å². The fourth-order valence-corrected chi connectivity index (χ4v) is 2.86. The number of aryl methyl sites for hydroxylation is 1. The molecule has 2 N–H and O–H groups in total. The van der Waals surface area contributed by atoms with Crippen molar-refractivity contribution in [2.24, 2.45) is 5.92 Å². The first-order valence-electron chi connectivity index (χ1n) is 8.70. The van der Waals surface area contributed by atoms with E-state index in [-0.39, 0.29) is 17.7 Å². The largest absolute Gasteiger partial charge is 0.481 e. The number of carbonyl (C=O) groups is 2. The van der Waals surface area contributed by atoms with E-state index in [2.05, 4.69) is 15.8 Å². The van der Waals surface area contributed by atoms with Gasteiger partial charge >= 0.3 is 0 Å². The number of hydrogen-bond donors (Lipinski definition) is 2. The maximum absolute atomic E-state index is 12.2. The predicted octanol–water partition coefficient (Wildman–Crippen LogP) is 2.42. The molecular weight excluding hydrogens is 330 g/mol. The Kier molecular flexibility index (Phi) is 5.21. The quantitative estimate of drug-likeness (QED) is 0.809. The molecule has 1 aromatic carbocycles. The van der Waals surface area contributed by atoms with Gasteiger partial charge in [-0.2, -0.15) is 0 Å². The first kappa shape index (κ1) is 17.9. The summed E-state index contributed by atoms with van der Waals surface area (Å²) in [6.07, 6.45) is 3.53. The molecule has 6 heteroatoms. The monoisotopic (exact) mass is 353 g/mol. The molecule has 0 saturated heterocycles. The minimum absolute atomic E-state index is 0.130. The summed E-state index contributed by atoms with van der Waals surface area (Å²) in [5.74, 6) is 0.126. The molecule has 1 aliphatic rings. The number of ether oxygens (including phenoxy) is 1. The SMILES string of the molecule is Cc1cccc(O[C@H](C)C(=O)NNC(=O)[C@@H]2C[C@H]2c2cccnc2)c1C. The van der Waals surface area contributed by atoms with Crippen molar-refractivity contribution in [1.82, 2.24) is 15.8 Å². The Morgan fingerprint density at radius 1 is 1.19 bits per heavy atom. The van der Waals surface area contributed by atoms with Gasteiger partial charge in [-0.25, -0.2) is 0 Å². The number of nitrogens with zero attached hydrogens (tertiary/aromatic N) is 1. The van der Waals surface area contributed by atoms with Crippen molar-refractivity contribution in [3.05, 3.63) is 59.4 Å². The maximum Gasteiger partial charge on any atom is 0.279 e. The van der Waals surface area contributed by atoms with Crippen molar-refractivity contribution in [2.75, 3.05) is 0 Å². The van der Waals surface area contributed by atoms with Crippen LogP contribution < -0.4 is 15.6 Å². The average molecular weight is 353 g/mol. The molecule has 0 unspecified atom stereocenters. The third kappa shape index (κ3) is 4.02. The Bertz CT molecular complexity index is 807. The summed E-state index contributed by atoms with van der Waals surface area (Å²) in [7, 11) is 0. The van der Waals surface area contributed by atoms with Gasteiger partial charge in [0, 0.05) is 18.3 Å². The van der Waals surface area contributed by atoms with Crippen LogP contribution in [0, 0.1) is 19.8 Å². The molecule has 1 saturated carbocycles. The topological polar surface area (TPSA) is 80.3 Å². The van der Waals surface area contributed by atoms with Gasteiger partial charge in [0.1, 0.15) is 5.75 Å². The summed E-state index contributed by atoms with van der Waals surface area (Å²) in [5, 5.41) is 0. The van der Waals surface area contributed by atoms with E-state index in [1.165, 1.54) is 0 Å². The van der Waals surface area contributed by atoms with Gasteiger partial charge in [0.25, 0.3) is 5.91 Å². The number of benzene rings is 1. The average Bonchev–Trinajstić information content (AvgIpc) is 3.45. The summed E-state index contributed by atoms with van der Waals surface area (Å²) in [6, 6.07) is 9.52. The number of carbonyl (C=O) groups excluding carboxylic acids is 2. The molecule has 6 nitrogen and oxygen atoms in total. The van der Waals surface area contributed by atoms with Gasteiger partial charge in [0.15, 0.2) is 6.10 Å². The number of aromatic nitrogens is 1. The highest BCUT2D eigenvalue weighted by Crippen LogP contribution is 2.47. The highest BCUT2D eigenvalue weighted by molar-refractivity contribution is 5.87. The van der Waals surface area contributed by atoms with Crippen LogP contribution >= 0.6 is 0 Å². The molecule has 1 heterocycles. The zero-order chi connectivity index (χ0) is 18.7. The first-order chi connectivity index (χ1) is 12.5. The van der Waals surface area contributed by atoms with Crippen molar-refractivity contribution in [3.63, 3.8) is 0 Å². The fourth-order valence-electron chi connectivity index (χ4n) is 2.86. The van der Waals surface area contributed by atoms with E-state index in [0.29, 0.717) is 5.75 Å². The molecule has 0 spiro atoms. The van der Waals surface area contributed by atoms with E-state index >= 15 is 0 Å². The molecule has 26 heavy (non-hydrogen) atoms. The number of nitrogens with one attached hydrogen (secondary N) is 2. The molecule has 0 radical (unpaired) electrons. The fraction of sp³-hybridized carbons (Fsp3) is 0.350. The number of pyridine rings is 1. The van der Waals surface area contributed by atoms with Crippen molar-refractivity contribution < 1.29 is 14.3 Å². The van der Waals surface area contributed by atoms with Crippen LogP contribution in [0.4, 0.5) is 0 Å². The Morgan fingerprint density at radius 3 is 2.73 bits per heavy atom. The van der Waals surface area contributed by atoms with Gasteiger partial charge in [0.05, 0.1) is 0 Å². The lowest BCUT2D eigenvalue weighted by molar-refractivity contribution is -0.133. The van der Waals surface area contributed by atoms with Gasteiger partial charge in [-0.15, -0.1) is 0 Å².